The van der Waals surface area contributed by atoms with Crippen molar-refractivity contribution in [3.8, 4) is 5.75 Å². The number of alkyl halides is 3. The van der Waals surface area contributed by atoms with Crippen molar-refractivity contribution in [1.29, 1.82) is 0 Å². The number of carbonyl (C=O) groups is 1. The first-order valence-electron chi connectivity index (χ1n) is 8.87. The molecule has 0 fully saturated rings. The van der Waals surface area contributed by atoms with Gasteiger partial charge >= 0.3 is 6.18 Å². The summed E-state index contributed by atoms with van der Waals surface area (Å²) < 4.78 is 41.0. The molecule has 0 bridgehead atoms. The zero-order valence-electron chi connectivity index (χ0n) is 15.3. The summed E-state index contributed by atoms with van der Waals surface area (Å²) in [6.45, 7) is -1.37. The van der Waals surface area contributed by atoms with E-state index in [1.807, 2.05) is 0 Å². The Morgan fingerprint density at radius 1 is 1.10 bits per heavy atom. The number of nitrogens with zero attached hydrogens (tertiary/aromatic N) is 1. The van der Waals surface area contributed by atoms with Crippen LogP contribution in [-0.4, -0.2) is 28.7 Å². The quantitative estimate of drug-likeness (QED) is 0.626. The minimum atomic E-state index is -4.41. The number of anilines is 1. The zero-order chi connectivity index (χ0) is 20.9. The second-order valence-corrected chi connectivity index (χ2v) is 6.36. The number of rotatable bonds is 7. The van der Waals surface area contributed by atoms with Crippen molar-refractivity contribution < 1.29 is 22.7 Å². The van der Waals surface area contributed by atoms with Crippen LogP contribution >= 0.6 is 0 Å². The summed E-state index contributed by atoms with van der Waals surface area (Å²) in [7, 11) is 0. The first kappa shape index (κ1) is 20.4. The van der Waals surface area contributed by atoms with Crippen LogP contribution in [0.15, 0.2) is 53.3 Å². The molecule has 0 saturated heterocycles. The fraction of sp³-hybridized carbons (Fsp3) is 0.250. The molecule has 0 aliphatic heterocycles. The summed E-state index contributed by atoms with van der Waals surface area (Å²) >= 11 is 0. The van der Waals surface area contributed by atoms with Crippen molar-refractivity contribution >= 4 is 22.5 Å². The highest BCUT2D eigenvalue weighted by Crippen LogP contribution is 2.20. The first-order valence-corrected chi connectivity index (χ1v) is 8.87. The molecule has 2 aromatic carbocycles. The monoisotopic (exact) mass is 405 g/mol. The van der Waals surface area contributed by atoms with E-state index in [-0.39, 0.29) is 23.6 Å². The molecule has 6 nitrogen and oxygen atoms in total. The predicted octanol–water partition coefficient (Wildman–Crippen LogP) is 3.83. The van der Waals surface area contributed by atoms with Crippen LogP contribution in [0.25, 0.3) is 10.9 Å². The number of benzene rings is 2. The van der Waals surface area contributed by atoms with E-state index in [1.54, 1.807) is 24.3 Å². The van der Waals surface area contributed by atoms with Crippen LogP contribution in [-0.2, 0) is 11.2 Å². The maximum atomic E-state index is 12.1. The lowest BCUT2D eigenvalue weighted by atomic mass is 10.2. The van der Waals surface area contributed by atoms with E-state index < -0.39 is 12.8 Å². The van der Waals surface area contributed by atoms with Gasteiger partial charge in [-0.2, -0.15) is 13.2 Å². The van der Waals surface area contributed by atoms with E-state index in [2.05, 4.69) is 20.0 Å². The molecule has 29 heavy (non-hydrogen) atoms. The molecule has 1 amide bonds. The summed E-state index contributed by atoms with van der Waals surface area (Å²) in [4.78, 5) is 31.2. The van der Waals surface area contributed by atoms with Crippen molar-refractivity contribution in [3.05, 3.63) is 64.7 Å². The zero-order valence-corrected chi connectivity index (χ0v) is 15.3. The van der Waals surface area contributed by atoms with Crippen LogP contribution in [0.4, 0.5) is 18.9 Å². The molecule has 0 unspecified atom stereocenters. The number of aryl methyl sites for hydroxylation is 1. The highest BCUT2D eigenvalue weighted by atomic mass is 19.4. The van der Waals surface area contributed by atoms with E-state index in [1.165, 1.54) is 24.3 Å². The molecule has 2 N–H and O–H groups in total. The Labute approximate surface area is 163 Å². The molecule has 3 aromatic rings. The van der Waals surface area contributed by atoms with Crippen LogP contribution in [0.5, 0.6) is 5.75 Å². The summed E-state index contributed by atoms with van der Waals surface area (Å²) in [5.74, 6) is 0.316. The molecule has 152 valence electrons. The topological polar surface area (TPSA) is 84.1 Å². The van der Waals surface area contributed by atoms with E-state index in [4.69, 9.17) is 0 Å². The lowest BCUT2D eigenvalue weighted by Crippen LogP contribution is -2.19. The van der Waals surface area contributed by atoms with Gasteiger partial charge in [0, 0.05) is 18.5 Å². The number of amides is 1. The number of aromatic nitrogens is 2. The third-order valence-electron chi connectivity index (χ3n) is 4.02. The number of fused-ring (bicyclic) bond motifs is 1. The third-order valence-corrected chi connectivity index (χ3v) is 4.02. The largest absolute Gasteiger partial charge is 0.484 e. The van der Waals surface area contributed by atoms with Crippen LogP contribution < -0.4 is 15.6 Å². The summed E-state index contributed by atoms with van der Waals surface area (Å²) in [5, 5.41) is 3.17. The number of carbonyl (C=O) groups excluding carboxylic acids is 1. The molecule has 1 heterocycles. The lowest BCUT2D eigenvalue weighted by Gasteiger charge is -2.10. The molecular formula is C20H18F3N3O3. The van der Waals surface area contributed by atoms with Gasteiger partial charge in [-0.3, -0.25) is 9.59 Å². The van der Waals surface area contributed by atoms with E-state index in [0.717, 1.165) is 0 Å². The van der Waals surface area contributed by atoms with Crippen LogP contribution in [0.1, 0.15) is 18.7 Å². The highest BCUT2D eigenvalue weighted by Gasteiger charge is 2.28. The van der Waals surface area contributed by atoms with Gasteiger partial charge in [-0.05, 0) is 42.8 Å². The van der Waals surface area contributed by atoms with Gasteiger partial charge < -0.3 is 15.0 Å². The van der Waals surface area contributed by atoms with Crippen molar-refractivity contribution in [2.45, 2.75) is 25.4 Å². The minimum Gasteiger partial charge on any atom is -0.484 e. The first-order chi connectivity index (χ1) is 13.8. The standard InChI is InChI=1S/C20H18F3N3O3/c21-20(22,23)12-29-14-10-8-13(9-11-14)24-18(27)7-3-6-17-25-16-5-2-1-4-15(16)19(28)26-17/h1-2,4-5,8-11H,3,6-7,12H2,(H,24,27)(H,25,26,28). The van der Waals surface area contributed by atoms with Gasteiger partial charge in [0.1, 0.15) is 11.6 Å². The predicted molar refractivity (Wildman–Crippen MR) is 102 cm³/mol. The maximum absolute atomic E-state index is 12.1. The third kappa shape index (κ3) is 6.06. The summed E-state index contributed by atoms with van der Waals surface area (Å²) in [6, 6.07) is 12.6. The van der Waals surface area contributed by atoms with Gasteiger partial charge in [-0.1, -0.05) is 12.1 Å². The van der Waals surface area contributed by atoms with Gasteiger partial charge in [0.15, 0.2) is 6.61 Å². The Morgan fingerprint density at radius 3 is 2.55 bits per heavy atom. The average molecular weight is 405 g/mol. The molecule has 9 heteroatoms. The van der Waals surface area contributed by atoms with Gasteiger partial charge in [0.05, 0.1) is 10.9 Å². The molecule has 3 rings (SSSR count). The molecule has 0 saturated carbocycles. The molecule has 0 aliphatic rings. The molecule has 0 spiro atoms. The Balaban J connectivity index is 1.48. The van der Waals surface area contributed by atoms with E-state index in [0.29, 0.717) is 35.3 Å². The number of hydrogen-bond donors (Lipinski definition) is 2. The molecular weight excluding hydrogens is 387 g/mol. The van der Waals surface area contributed by atoms with Crippen molar-refractivity contribution in [1.82, 2.24) is 9.97 Å². The smallest absolute Gasteiger partial charge is 0.422 e. The van der Waals surface area contributed by atoms with E-state index in [9.17, 15) is 22.8 Å². The second kappa shape index (κ2) is 8.76. The van der Waals surface area contributed by atoms with E-state index >= 15 is 0 Å². The number of para-hydroxylation sites is 1. The normalized spacial score (nSPS) is 11.4. The highest BCUT2D eigenvalue weighted by molar-refractivity contribution is 5.90. The number of aromatic amines is 1. The fourth-order valence-corrected chi connectivity index (χ4v) is 2.69. The van der Waals surface area contributed by atoms with Crippen LogP contribution in [0.3, 0.4) is 0 Å². The van der Waals surface area contributed by atoms with Crippen molar-refractivity contribution in [3.63, 3.8) is 0 Å². The van der Waals surface area contributed by atoms with Crippen LogP contribution in [0.2, 0.25) is 0 Å². The Kier molecular flexibility index (Phi) is 6.16. The molecule has 0 radical (unpaired) electrons. The summed E-state index contributed by atoms with van der Waals surface area (Å²) in [5.41, 5.74) is 0.831. The lowest BCUT2D eigenvalue weighted by molar-refractivity contribution is -0.153. The number of ether oxygens (including phenoxy) is 1. The second-order valence-electron chi connectivity index (χ2n) is 6.36. The Bertz CT molecular complexity index is 1050. The minimum absolute atomic E-state index is 0.0617. The summed E-state index contributed by atoms with van der Waals surface area (Å²) in [6.07, 6.45) is -3.31. The Morgan fingerprint density at radius 2 is 1.83 bits per heavy atom. The maximum Gasteiger partial charge on any atom is 0.422 e. The number of nitrogens with one attached hydrogen (secondary N) is 2. The van der Waals surface area contributed by atoms with Crippen molar-refractivity contribution in [2.75, 3.05) is 11.9 Å². The van der Waals surface area contributed by atoms with Gasteiger partial charge in [0.25, 0.3) is 5.56 Å². The molecule has 0 aliphatic carbocycles. The Hall–Kier alpha value is -3.36. The van der Waals surface area contributed by atoms with Gasteiger partial charge in [-0.15, -0.1) is 0 Å². The molecule has 1 aromatic heterocycles. The average Bonchev–Trinajstić information content (AvgIpc) is 2.67. The van der Waals surface area contributed by atoms with Gasteiger partial charge in [-0.25, -0.2) is 4.98 Å². The van der Waals surface area contributed by atoms with Gasteiger partial charge in [0.2, 0.25) is 5.91 Å². The fourth-order valence-electron chi connectivity index (χ4n) is 2.69. The van der Waals surface area contributed by atoms with Crippen molar-refractivity contribution in [2.24, 2.45) is 0 Å². The number of halogens is 3. The number of H-pyrrole nitrogens is 1. The number of hydrogen-bond acceptors (Lipinski definition) is 4. The van der Waals surface area contributed by atoms with Crippen LogP contribution in [0, 0.1) is 0 Å². The SMILES string of the molecule is O=C(CCCc1nc2ccccc2c(=O)[nH]1)Nc1ccc(OCC(F)(F)F)cc1. The molecule has 0 atom stereocenters.